The van der Waals surface area contributed by atoms with Crippen LogP contribution in [-0.2, 0) is 0 Å². The molecule has 0 N–H and O–H groups in total. The van der Waals surface area contributed by atoms with Crippen LogP contribution in [0.25, 0.3) is 11.4 Å². The predicted molar refractivity (Wildman–Crippen MR) is 103 cm³/mol. The second-order valence-corrected chi connectivity index (χ2v) is 6.76. The van der Waals surface area contributed by atoms with Crippen molar-refractivity contribution in [1.82, 2.24) is 19.4 Å². The molecule has 6 nitrogen and oxygen atoms in total. The van der Waals surface area contributed by atoms with Crippen molar-refractivity contribution in [3.63, 3.8) is 0 Å². The smallest absolute Gasteiger partial charge is 0.253 e. The summed E-state index contributed by atoms with van der Waals surface area (Å²) in [7, 11) is 1.62. The number of carbonyl (C=O) groups is 1. The van der Waals surface area contributed by atoms with Crippen LogP contribution in [0.4, 0.5) is 0 Å². The van der Waals surface area contributed by atoms with E-state index in [2.05, 4.69) is 21.5 Å². The van der Waals surface area contributed by atoms with Crippen molar-refractivity contribution in [3.8, 4) is 17.1 Å². The lowest BCUT2D eigenvalue weighted by Gasteiger charge is -2.20. The Balaban J connectivity index is 1.55. The van der Waals surface area contributed by atoms with E-state index in [4.69, 9.17) is 4.74 Å². The Hall–Kier alpha value is -3.15. The zero-order valence-corrected chi connectivity index (χ0v) is 15.5. The zero-order valence-electron chi connectivity index (χ0n) is 15.5. The van der Waals surface area contributed by atoms with Crippen molar-refractivity contribution in [2.75, 3.05) is 20.2 Å². The van der Waals surface area contributed by atoms with Crippen LogP contribution in [0.1, 0.15) is 28.5 Å². The molecule has 3 heterocycles. The average molecular weight is 362 g/mol. The molecule has 1 fully saturated rings. The van der Waals surface area contributed by atoms with Crippen LogP contribution in [-0.4, -0.2) is 45.5 Å². The summed E-state index contributed by atoms with van der Waals surface area (Å²) in [6, 6.07) is 11.4. The zero-order chi connectivity index (χ0) is 18.8. The summed E-state index contributed by atoms with van der Waals surface area (Å²) in [5.74, 6) is 1.71. The van der Waals surface area contributed by atoms with Gasteiger partial charge in [-0.25, -0.2) is 4.98 Å². The van der Waals surface area contributed by atoms with Crippen molar-refractivity contribution in [2.45, 2.75) is 19.4 Å². The molecular formula is C21H22N4O2. The lowest BCUT2D eigenvalue weighted by molar-refractivity contribution is 0.0787. The molecule has 1 aliphatic heterocycles. The number of hydrogen-bond donors (Lipinski definition) is 0. The number of hydrogen-bond acceptors (Lipinski definition) is 4. The molecule has 1 aliphatic rings. The second-order valence-electron chi connectivity index (χ2n) is 6.76. The Morgan fingerprint density at radius 1 is 1.19 bits per heavy atom. The number of methoxy groups -OCH3 is 1. The molecule has 27 heavy (non-hydrogen) atoms. The first kappa shape index (κ1) is 17.3. The molecule has 2 aromatic heterocycles. The van der Waals surface area contributed by atoms with Gasteiger partial charge in [-0.15, -0.1) is 0 Å². The molecular weight excluding hydrogens is 340 g/mol. The van der Waals surface area contributed by atoms with Gasteiger partial charge in [-0.1, -0.05) is 0 Å². The standard InChI is InChI=1S/C21H22N4O2/c1-15-12-23-20(17-4-3-10-22-13-17)25(15)18-9-11-24(14-18)21(26)16-5-7-19(27-2)8-6-16/h3-8,10,12-13,18H,9,11,14H2,1-2H3. The molecule has 1 amide bonds. The van der Waals surface area contributed by atoms with E-state index in [1.54, 1.807) is 13.3 Å². The molecule has 1 unspecified atom stereocenters. The minimum Gasteiger partial charge on any atom is -0.497 e. The van der Waals surface area contributed by atoms with Gasteiger partial charge >= 0.3 is 0 Å². The maximum atomic E-state index is 12.9. The Morgan fingerprint density at radius 3 is 2.70 bits per heavy atom. The fourth-order valence-electron chi connectivity index (χ4n) is 3.67. The van der Waals surface area contributed by atoms with E-state index in [0.29, 0.717) is 12.1 Å². The van der Waals surface area contributed by atoms with Crippen molar-refractivity contribution < 1.29 is 9.53 Å². The van der Waals surface area contributed by atoms with E-state index in [9.17, 15) is 4.79 Å². The van der Waals surface area contributed by atoms with Gasteiger partial charge in [0.25, 0.3) is 5.91 Å². The van der Waals surface area contributed by atoms with E-state index in [-0.39, 0.29) is 11.9 Å². The number of aryl methyl sites for hydroxylation is 1. The van der Waals surface area contributed by atoms with E-state index in [1.165, 1.54) is 0 Å². The minimum atomic E-state index is 0.0563. The van der Waals surface area contributed by atoms with Gasteiger partial charge in [-0.05, 0) is 49.7 Å². The highest BCUT2D eigenvalue weighted by Gasteiger charge is 2.30. The van der Waals surface area contributed by atoms with Crippen LogP contribution in [0.15, 0.2) is 55.0 Å². The summed E-state index contributed by atoms with van der Waals surface area (Å²) < 4.78 is 7.40. The first-order valence-electron chi connectivity index (χ1n) is 9.05. The molecule has 0 aliphatic carbocycles. The maximum absolute atomic E-state index is 12.9. The first-order valence-corrected chi connectivity index (χ1v) is 9.05. The van der Waals surface area contributed by atoms with Gasteiger partial charge < -0.3 is 14.2 Å². The highest BCUT2D eigenvalue weighted by Crippen LogP contribution is 2.30. The van der Waals surface area contributed by atoms with E-state index < -0.39 is 0 Å². The summed E-state index contributed by atoms with van der Waals surface area (Å²) in [5.41, 5.74) is 2.77. The summed E-state index contributed by atoms with van der Waals surface area (Å²) in [5, 5.41) is 0. The van der Waals surface area contributed by atoms with Gasteiger partial charge in [-0.3, -0.25) is 9.78 Å². The maximum Gasteiger partial charge on any atom is 0.253 e. The normalized spacial score (nSPS) is 16.5. The Bertz CT molecular complexity index is 935. The fraction of sp³-hybridized carbons (Fsp3) is 0.286. The minimum absolute atomic E-state index is 0.0563. The number of nitrogens with zero attached hydrogens (tertiary/aromatic N) is 4. The summed E-state index contributed by atoms with van der Waals surface area (Å²) >= 11 is 0. The van der Waals surface area contributed by atoms with Gasteiger partial charge in [0.05, 0.1) is 13.2 Å². The van der Waals surface area contributed by atoms with E-state index >= 15 is 0 Å². The number of pyridine rings is 1. The fourth-order valence-corrected chi connectivity index (χ4v) is 3.67. The lowest BCUT2D eigenvalue weighted by Crippen LogP contribution is -2.29. The second kappa shape index (κ2) is 7.23. The third-order valence-electron chi connectivity index (χ3n) is 5.05. The Morgan fingerprint density at radius 2 is 2.00 bits per heavy atom. The highest BCUT2D eigenvalue weighted by molar-refractivity contribution is 5.94. The lowest BCUT2D eigenvalue weighted by atomic mass is 10.2. The number of amides is 1. The molecule has 6 heteroatoms. The highest BCUT2D eigenvalue weighted by atomic mass is 16.5. The SMILES string of the molecule is COc1ccc(C(=O)N2CCC(n3c(C)cnc3-c3cccnc3)C2)cc1. The summed E-state index contributed by atoms with van der Waals surface area (Å²) in [6.45, 7) is 3.47. The van der Waals surface area contributed by atoms with Gasteiger partial charge in [0.1, 0.15) is 11.6 Å². The molecule has 1 saturated heterocycles. The van der Waals surface area contributed by atoms with Crippen LogP contribution >= 0.6 is 0 Å². The molecule has 1 atom stereocenters. The van der Waals surface area contributed by atoms with E-state index in [0.717, 1.165) is 35.8 Å². The van der Waals surface area contributed by atoms with Gasteiger partial charge in [-0.2, -0.15) is 0 Å². The largest absolute Gasteiger partial charge is 0.497 e. The molecule has 4 rings (SSSR count). The monoisotopic (exact) mass is 362 g/mol. The van der Waals surface area contributed by atoms with Crippen molar-refractivity contribution in [2.24, 2.45) is 0 Å². The van der Waals surface area contributed by atoms with E-state index in [1.807, 2.05) is 53.7 Å². The Labute approximate surface area is 158 Å². The first-order chi connectivity index (χ1) is 13.2. The van der Waals surface area contributed by atoms with Crippen LogP contribution in [0.3, 0.4) is 0 Å². The number of ether oxygens (including phenoxy) is 1. The Kier molecular flexibility index (Phi) is 4.62. The van der Waals surface area contributed by atoms with Gasteiger partial charge in [0.2, 0.25) is 0 Å². The summed E-state index contributed by atoms with van der Waals surface area (Å²) in [4.78, 5) is 23.6. The quantitative estimate of drug-likeness (QED) is 0.714. The molecule has 3 aromatic rings. The van der Waals surface area contributed by atoms with Crippen molar-refractivity contribution in [1.29, 1.82) is 0 Å². The van der Waals surface area contributed by atoms with Crippen LogP contribution in [0.2, 0.25) is 0 Å². The number of rotatable bonds is 4. The molecule has 0 spiro atoms. The number of benzene rings is 1. The predicted octanol–water partition coefficient (Wildman–Crippen LogP) is 3.35. The number of likely N-dealkylation sites (tertiary alicyclic amines) is 1. The summed E-state index contributed by atoms with van der Waals surface area (Å²) in [6.07, 6.45) is 6.38. The third kappa shape index (κ3) is 3.30. The third-order valence-corrected chi connectivity index (χ3v) is 5.05. The molecule has 0 radical (unpaired) electrons. The molecule has 138 valence electrons. The topological polar surface area (TPSA) is 60.2 Å². The van der Waals surface area contributed by atoms with Crippen molar-refractivity contribution >= 4 is 5.91 Å². The van der Waals surface area contributed by atoms with Gasteiger partial charge in [0.15, 0.2) is 0 Å². The molecule has 0 saturated carbocycles. The molecule has 1 aromatic carbocycles. The van der Waals surface area contributed by atoms with Gasteiger partial charge in [0, 0.05) is 48.5 Å². The molecule has 0 bridgehead atoms. The number of imidazole rings is 1. The average Bonchev–Trinajstić information content (AvgIpc) is 3.34. The van der Waals surface area contributed by atoms with Crippen LogP contribution < -0.4 is 4.74 Å². The number of aromatic nitrogens is 3. The van der Waals surface area contributed by atoms with Crippen molar-refractivity contribution in [3.05, 3.63) is 66.2 Å². The van der Waals surface area contributed by atoms with Crippen LogP contribution in [0, 0.1) is 6.92 Å². The van der Waals surface area contributed by atoms with Crippen LogP contribution in [0.5, 0.6) is 5.75 Å². The number of carbonyl (C=O) groups excluding carboxylic acids is 1.